The number of carboxylic acids is 1. The van der Waals surface area contributed by atoms with Gasteiger partial charge < -0.3 is 15.4 Å². The van der Waals surface area contributed by atoms with Crippen LogP contribution in [0.5, 0.6) is 0 Å². The minimum Gasteiger partial charge on any atom is -0.481 e. The number of amides is 2. The van der Waals surface area contributed by atoms with Gasteiger partial charge in [0.25, 0.3) is 0 Å². The van der Waals surface area contributed by atoms with Crippen LogP contribution in [0.3, 0.4) is 0 Å². The average Bonchev–Trinajstić information content (AvgIpc) is 3.53. The molecule has 1 saturated heterocycles. The topological polar surface area (TPSA) is 127 Å². The van der Waals surface area contributed by atoms with Gasteiger partial charge in [-0.25, -0.2) is 10.4 Å². The number of aliphatic carboxylic acids is 1. The van der Waals surface area contributed by atoms with E-state index in [0.29, 0.717) is 38.6 Å². The van der Waals surface area contributed by atoms with Gasteiger partial charge in [0.15, 0.2) is 0 Å². The predicted octanol–water partition coefficient (Wildman–Crippen LogP) is 3.98. The monoisotopic (exact) mass is 545 g/mol. The fourth-order valence-electron chi connectivity index (χ4n) is 5.54. The lowest BCUT2D eigenvalue weighted by atomic mass is 9.85. The summed E-state index contributed by atoms with van der Waals surface area (Å²) in [6.07, 6.45) is 7.98. The molecule has 0 aliphatic carbocycles. The highest BCUT2D eigenvalue weighted by molar-refractivity contribution is 5.88. The molecule has 4 N–H and O–H groups in total. The van der Waals surface area contributed by atoms with Crippen LogP contribution in [-0.4, -0.2) is 57.5 Å². The Balaban J connectivity index is 1.53. The molecule has 9 nitrogen and oxygen atoms in total. The first-order valence-corrected chi connectivity index (χ1v) is 14.1. The first kappa shape index (κ1) is 29.0. The van der Waals surface area contributed by atoms with E-state index in [1.54, 1.807) is 19.6 Å². The van der Waals surface area contributed by atoms with Gasteiger partial charge >= 0.3 is 5.97 Å². The number of likely N-dealkylation sites (N-methyl/N-ethyl adjacent to an activating group) is 1. The van der Waals surface area contributed by atoms with Crippen molar-refractivity contribution in [1.82, 2.24) is 25.7 Å². The van der Waals surface area contributed by atoms with Gasteiger partial charge in [0.05, 0.1) is 24.1 Å². The number of aryl methyl sites for hydroxylation is 2. The summed E-state index contributed by atoms with van der Waals surface area (Å²) in [6, 6.07) is 17.3. The molecule has 0 saturated carbocycles. The van der Waals surface area contributed by atoms with Crippen LogP contribution < -0.4 is 10.7 Å². The van der Waals surface area contributed by atoms with E-state index in [1.165, 1.54) is 10.6 Å². The highest BCUT2D eigenvalue weighted by Gasteiger charge is 2.37. The van der Waals surface area contributed by atoms with Crippen LogP contribution in [0.4, 0.5) is 0 Å². The fourth-order valence-corrected chi connectivity index (χ4v) is 5.54. The molecule has 9 heteroatoms. The molecule has 2 amide bonds. The molecule has 3 atom stereocenters. The summed E-state index contributed by atoms with van der Waals surface area (Å²) >= 11 is 0. The van der Waals surface area contributed by atoms with Crippen molar-refractivity contribution >= 4 is 17.8 Å². The molecule has 0 radical (unpaired) electrons. The third kappa shape index (κ3) is 7.57. The molecule has 1 fully saturated rings. The van der Waals surface area contributed by atoms with Crippen LogP contribution >= 0.6 is 0 Å². The Labute approximate surface area is 235 Å². The number of aromatic amines is 1. The molecule has 2 aromatic carbocycles. The van der Waals surface area contributed by atoms with E-state index >= 15 is 0 Å². The van der Waals surface area contributed by atoms with Crippen molar-refractivity contribution in [3.8, 4) is 11.3 Å². The fraction of sp³-hybridized carbons (Fsp3) is 0.419. The largest absolute Gasteiger partial charge is 0.481 e. The maximum absolute atomic E-state index is 14.0. The smallest absolute Gasteiger partial charge is 0.306 e. The predicted molar refractivity (Wildman–Crippen MR) is 153 cm³/mol. The molecular weight excluding hydrogens is 506 g/mol. The normalized spacial score (nSPS) is 16.7. The molecule has 0 spiro atoms. The zero-order valence-corrected chi connectivity index (χ0v) is 23.0. The molecule has 3 unspecified atom stereocenters. The van der Waals surface area contributed by atoms with Crippen molar-refractivity contribution in [2.24, 2.45) is 11.8 Å². The van der Waals surface area contributed by atoms with E-state index < -0.39 is 23.8 Å². The Bertz CT molecular complexity index is 1250. The Morgan fingerprint density at radius 3 is 2.55 bits per heavy atom. The van der Waals surface area contributed by atoms with Gasteiger partial charge in [-0.15, -0.1) is 0 Å². The second kappa shape index (κ2) is 14.4. The van der Waals surface area contributed by atoms with Crippen LogP contribution in [-0.2, 0) is 27.2 Å². The number of hydrogen-bond acceptors (Lipinski definition) is 5. The number of carboxylic acid groups (broad SMARTS) is 1. The van der Waals surface area contributed by atoms with Crippen molar-refractivity contribution in [3.05, 3.63) is 78.2 Å². The first-order chi connectivity index (χ1) is 19.5. The van der Waals surface area contributed by atoms with E-state index in [-0.39, 0.29) is 18.2 Å². The Hall–Kier alpha value is -3.98. The average molecular weight is 546 g/mol. The van der Waals surface area contributed by atoms with E-state index in [2.05, 4.69) is 20.7 Å². The Morgan fingerprint density at radius 1 is 1.05 bits per heavy atom. The number of benzene rings is 2. The number of nitrogens with zero attached hydrogens (tertiary/aromatic N) is 2. The summed E-state index contributed by atoms with van der Waals surface area (Å²) in [5.41, 5.74) is 7.24. The maximum atomic E-state index is 14.0. The molecule has 1 aromatic heterocycles. The van der Waals surface area contributed by atoms with E-state index in [9.17, 15) is 19.5 Å². The number of carbonyl (C=O) groups is 3. The summed E-state index contributed by atoms with van der Waals surface area (Å²) < 4.78 is 0. The standard InChI is InChI=1S/C31H39N5O4/c1-32-29(37)28-15-8-18-35-36(28)30(38)24(17-16-23-12-5-6-14-26(23)27-20-33-21-34-27)19-25(31(39)40)13-7-11-22-9-3-2-4-10-22/h2-6,9-10,12,14,20-21,24-25,28,35H,7-8,11,13,15-19H2,1H3,(H,32,37)(H,33,34)(H,39,40). The number of hydrazine groups is 1. The SMILES string of the molecule is CNC(=O)C1CCCNN1C(=O)C(CCc1ccccc1-c1cnc[nH]1)CC(CCCc1ccccc1)C(=O)O. The Kier molecular flexibility index (Phi) is 10.5. The number of nitrogens with one attached hydrogen (secondary N) is 3. The summed E-state index contributed by atoms with van der Waals surface area (Å²) in [6.45, 7) is 0.591. The summed E-state index contributed by atoms with van der Waals surface area (Å²) in [4.78, 5) is 46.3. The molecule has 212 valence electrons. The first-order valence-electron chi connectivity index (χ1n) is 14.1. The number of hydrogen-bond donors (Lipinski definition) is 4. The second-order valence-corrected chi connectivity index (χ2v) is 10.4. The van der Waals surface area contributed by atoms with Crippen molar-refractivity contribution < 1.29 is 19.5 Å². The molecule has 0 bridgehead atoms. The van der Waals surface area contributed by atoms with Crippen LogP contribution in [0, 0.1) is 11.8 Å². The van der Waals surface area contributed by atoms with Gasteiger partial charge in [0, 0.05) is 25.1 Å². The minimum atomic E-state index is -0.891. The zero-order valence-electron chi connectivity index (χ0n) is 23.0. The molecule has 40 heavy (non-hydrogen) atoms. The number of aromatic nitrogens is 2. The lowest BCUT2D eigenvalue weighted by molar-refractivity contribution is -0.151. The quantitative estimate of drug-likeness (QED) is 0.257. The number of rotatable bonds is 13. The summed E-state index contributed by atoms with van der Waals surface area (Å²) in [7, 11) is 1.57. The van der Waals surface area contributed by atoms with Crippen LogP contribution in [0.1, 0.15) is 49.7 Å². The summed E-state index contributed by atoms with van der Waals surface area (Å²) in [5.74, 6) is -2.56. The van der Waals surface area contributed by atoms with Crippen LogP contribution in [0.2, 0.25) is 0 Å². The number of carbonyl (C=O) groups excluding carboxylic acids is 2. The molecular formula is C31H39N5O4. The van der Waals surface area contributed by atoms with Crippen molar-refractivity contribution in [3.63, 3.8) is 0 Å². The van der Waals surface area contributed by atoms with Crippen LogP contribution in [0.25, 0.3) is 11.3 Å². The third-order valence-corrected chi connectivity index (χ3v) is 7.73. The highest BCUT2D eigenvalue weighted by atomic mass is 16.4. The highest BCUT2D eigenvalue weighted by Crippen LogP contribution is 2.29. The Morgan fingerprint density at radius 2 is 1.82 bits per heavy atom. The lowest BCUT2D eigenvalue weighted by Crippen LogP contribution is -2.59. The molecule has 2 heterocycles. The third-order valence-electron chi connectivity index (χ3n) is 7.73. The van der Waals surface area contributed by atoms with Gasteiger partial charge in [-0.05, 0) is 62.5 Å². The van der Waals surface area contributed by atoms with Gasteiger partial charge in [-0.1, -0.05) is 54.6 Å². The van der Waals surface area contributed by atoms with E-state index in [0.717, 1.165) is 29.7 Å². The number of H-pyrrole nitrogens is 1. The van der Waals surface area contributed by atoms with Gasteiger partial charge in [0.2, 0.25) is 11.8 Å². The van der Waals surface area contributed by atoms with Gasteiger partial charge in [0.1, 0.15) is 6.04 Å². The molecule has 1 aliphatic heterocycles. The second-order valence-electron chi connectivity index (χ2n) is 10.4. The van der Waals surface area contributed by atoms with Gasteiger partial charge in [-0.3, -0.25) is 19.4 Å². The zero-order chi connectivity index (χ0) is 28.3. The maximum Gasteiger partial charge on any atom is 0.306 e. The van der Waals surface area contributed by atoms with Gasteiger partial charge in [-0.2, -0.15) is 0 Å². The molecule has 3 aromatic rings. The molecule has 4 rings (SSSR count). The lowest BCUT2D eigenvalue weighted by Gasteiger charge is -2.37. The molecule has 1 aliphatic rings. The van der Waals surface area contributed by atoms with Crippen molar-refractivity contribution in [2.75, 3.05) is 13.6 Å². The van der Waals surface area contributed by atoms with E-state index in [4.69, 9.17) is 0 Å². The number of imidazole rings is 1. The van der Waals surface area contributed by atoms with E-state index in [1.807, 2.05) is 54.6 Å². The van der Waals surface area contributed by atoms with Crippen molar-refractivity contribution in [2.45, 2.75) is 57.4 Å². The van der Waals surface area contributed by atoms with Crippen molar-refractivity contribution in [1.29, 1.82) is 0 Å². The minimum absolute atomic E-state index is 0.216. The van der Waals surface area contributed by atoms with Crippen LogP contribution in [0.15, 0.2) is 67.1 Å². The summed E-state index contributed by atoms with van der Waals surface area (Å²) in [5, 5.41) is 14.2.